The van der Waals surface area contributed by atoms with Gasteiger partial charge in [0.15, 0.2) is 0 Å². The summed E-state index contributed by atoms with van der Waals surface area (Å²) in [6.07, 6.45) is 11.7. The van der Waals surface area contributed by atoms with Gasteiger partial charge in [-0.2, -0.15) is 0 Å². The topological polar surface area (TPSA) is 81.2 Å². The average Bonchev–Trinajstić information content (AvgIpc) is 3.36. The summed E-state index contributed by atoms with van der Waals surface area (Å²) in [4.78, 5) is 32.6. The van der Waals surface area contributed by atoms with Crippen LogP contribution in [0.2, 0.25) is 0 Å². The van der Waals surface area contributed by atoms with Crippen LogP contribution < -0.4 is 10.1 Å². The molecule has 2 aliphatic rings. The van der Waals surface area contributed by atoms with Gasteiger partial charge in [0.25, 0.3) is 0 Å². The minimum Gasteiger partial charge on any atom is -0.406 e. The Labute approximate surface area is 164 Å². The van der Waals surface area contributed by atoms with Crippen molar-refractivity contribution in [1.29, 1.82) is 0 Å². The zero-order valence-corrected chi connectivity index (χ0v) is 16.2. The summed E-state index contributed by atoms with van der Waals surface area (Å²) in [6.45, 7) is 1.77. The normalized spacial score (nSPS) is 15.6. The van der Waals surface area contributed by atoms with Gasteiger partial charge in [0, 0.05) is 24.5 Å². The summed E-state index contributed by atoms with van der Waals surface area (Å²) in [5.41, 5.74) is 6.50. The van der Waals surface area contributed by atoms with Crippen molar-refractivity contribution in [3.8, 4) is 5.88 Å². The summed E-state index contributed by atoms with van der Waals surface area (Å²) in [6, 6.07) is 2.35. The Bertz CT molecular complexity index is 863. The Morgan fingerprint density at radius 3 is 2.46 bits per heavy atom. The number of carbonyl (C=O) groups is 2. The number of carbonyl (C=O) groups excluding carboxylic acids is 2. The quantitative estimate of drug-likeness (QED) is 0.778. The lowest BCUT2D eigenvalue weighted by molar-refractivity contribution is -0.138. The predicted molar refractivity (Wildman–Crippen MR) is 105 cm³/mol. The van der Waals surface area contributed by atoms with E-state index in [-0.39, 0.29) is 24.1 Å². The van der Waals surface area contributed by atoms with Gasteiger partial charge in [-0.3, -0.25) is 14.6 Å². The molecule has 0 aliphatic heterocycles. The highest BCUT2D eigenvalue weighted by molar-refractivity contribution is 5.93. The molecule has 0 saturated heterocycles. The zero-order chi connectivity index (χ0) is 19.5. The van der Waals surface area contributed by atoms with Crippen LogP contribution in [0.1, 0.15) is 54.9 Å². The minimum atomic E-state index is -0.394. The summed E-state index contributed by atoms with van der Waals surface area (Å²) in [5.74, 6) is -0.637. The van der Waals surface area contributed by atoms with Crippen LogP contribution in [0.15, 0.2) is 24.7 Å². The minimum absolute atomic E-state index is 0.0337. The second-order valence-electron chi connectivity index (χ2n) is 7.69. The third kappa shape index (κ3) is 3.91. The average molecular weight is 379 g/mol. The molecule has 0 bridgehead atoms. The van der Waals surface area contributed by atoms with E-state index in [9.17, 15) is 9.59 Å². The molecular formula is C22H25N3O3. The summed E-state index contributed by atoms with van der Waals surface area (Å²) in [5, 5.41) is 3.17. The number of rotatable bonds is 6. The van der Waals surface area contributed by atoms with Crippen molar-refractivity contribution in [3.63, 3.8) is 0 Å². The lowest BCUT2D eigenvalue weighted by Gasteiger charge is -2.16. The van der Waals surface area contributed by atoms with Crippen molar-refractivity contribution >= 4 is 17.6 Å². The van der Waals surface area contributed by atoms with Gasteiger partial charge in [-0.25, -0.2) is 4.98 Å². The van der Waals surface area contributed by atoms with Gasteiger partial charge in [-0.05, 0) is 67.2 Å². The van der Waals surface area contributed by atoms with Crippen molar-refractivity contribution in [1.82, 2.24) is 9.97 Å². The van der Waals surface area contributed by atoms with E-state index in [0.717, 1.165) is 44.2 Å². The molecule has 1 amide bonds. The van der Waals surface area contributed by atoms with Gasteiger partial charge in [0.05, 0.1) is 12.1 Å². The van der Waals surface area contributed by atoms with Gasteiger partial charge in [-0.15, -0.1) is 0 Å². The van der Waals surface area contributed by atoms with E-state index in [4.69, 9.17) is 4.74 Å². The molecule has 2 aliphatic carbocycles. The Hall–Kier alpha value is -2.76. The Morgan fingerprint density at radius 1 is 1.11 bits per heavy atom. The molecule has 6 heteroatoms. The number of aryl methyl sites for hydroxylation is 2. The molecule has 0 saturated carbocycles. The molecule has 0 spiro atoms. The molecule has 1 aromatic heterocycles. The monoisotopic (exact) mass is 379 g/mol. The van der Waals surface area contributed by atoms with Gasteiger partial charge in [0.2, 0.25) is 11.8 Å². The number of benzene rings is 1. The predicted octanol–water partition coefficient (Wildman–Crippen LogP) is 3.41. The molecule has 2 aromatic rings. The Kier molecular flexibility index (Phi) is 5.37. The van der Waals surface area contributed by atoms with Gasteiger partial charge in [-0.1, -0.05) is 13.0 Å². The van der Waals surface area contributed by atoms with Crippen LogP contribution in [0.25, 0.3) is 0 Å². The molecule has 0 unspecified atom stereocenters. The molecule has 1 N–H and O–H groups in total. The van der Waals surface area contributed by atoms with Gasteiger partial charge < -0.3 is 10.1 Å². The van der Waals surface area contributed by atoms with Crippen LogP contribution in [-0.2, 0) is 35.3 Å². The Morgan fingerprint density at radius 2 is 1.82 bits per heavy atom. The van der Waals surface area contributed by atoms with Crippen molar-refractivity contribution in [2.24, 2.45) is 5.92 Å². The highest BCUT2D eigenvalue weighted by Gasteiger charge is 2.25. The highest BCUT2D eigenvalue weighted by atomic mass is 16.5. The zero-order valence-electron chi connectivity index (χ0n) is 16.2. The summed E-state index contributed by atoms with van der Waals surface area (Å²) in [7, 11) is 0. The maximum atomic E-state index is 12.6. The third-order valence-corrected chi connectivity index (χ3v) is 5.69. The summed E-state index contributed by atoms with van der Waals surface area (Å²) < 4.78 is 5.20. The molecular weight excluding hydrogens is 354 g/mol. The molecule has 0 fully saturated rings. The fraction of sp³-hybridized carbons (Fsp3) is 0.455. The standard InChI is InChI=1S/C22H25N3O3/c1-14(22(27)28-20-13-23-10-11-24-20)8-9-19(26)25-21-17-6-2-4-15(17)12-16-5-3-7-18(16)21/h10-14H,2-9H2,1H3,(H,25,26)/t14-/m1/s1. The van der Waals surface area contributed by atoms with Crippen molar-refractivity contribution in [2.45, 2.75) is 58.3 Å². The number of ether oxygens (including phenoxy) is 1. The van der Waals surface area contributed by atoms with Crippen LogP contribution in [0.3, 0.4) is 0 Å². The van der Waals surface area contributed by atoms with Crippen molar-refractivity contribution < 1.29 is 14.3 Å². The molecule has 4 rings (SSSR count). The number of fused-ring (bicyclic) bond motifs is 2. The molecule has 0 radical (unpaired) electrons. The SMILES string of the molecule is C[C@H](CCC(=O)Nc1c2c(cc3c1CCC3)CCC2)C(=O)Oc1cnccn1. The van der Waals surface area contributed by atoms with E-state index < -0.39 is 5.97 Å². The van der Waals surface area contributed by atoms with Crippen molar-refractivity contribution in [3.05, 3.63) is 46.9 Å². The molecule has 6 nitrogen and oxygen atoms in total. The smallest absolute Gasteiger partial charge is 0.315 e. The van der Waals surface area contributed by atoms with Gasteiger partial charge >= 0.3 is 5.97 Å². The first-order valence-corrected chi connectivity index (χ1v) is 10.1. The number of nitrogens with zero attached hydrogens (tertiary/aromatic N) is 2. The second kappa shape index (κ2) is 8.09. The fourth-order valence-electron chi connectivity index (χ4n) is 4.18. The lowest BCUT2D eigenvalue weighted by atomic mass is 9.98. The van der Waals surface area contributed by atoms with E-state index in [2.05, 4.69) is 21.4 Å². The first-order valence-electron chi connectivity index (χ1n) is 10.1. The molecule has 28 heavy (non-hydrogen) atoms. The Balaban J connectivity index is 1.36. The molecule has 1 aromatic carbocycles. The number of esters is 1. The van der Waals surface area contributed by atoms with E-state index in [1.165, 1.54) is 40.8 Å². The van der Waals surface area contributed by atoms with E-state index in [1.54, 1.807) is 6.92 Å². The molecule has 1 heterocycles. The number of aromatic nitrogens is 2. The number of hydrogen-bond donors (Lipinski definition) is 1. The lowest BCUT2D eigenvalue weighted by Crippen LogP contribution is -2.21. The van der Waals surface area contributed by atoms with Crippen LogP contribution in [0, 0.1) is 5.92 Å². The first kappa shape index (κ1) is 18.6. The maximum absolute atomic E-state index is 12.6. The first-order chi connectivity index (χ1) is 13.6. The van der Waals surface area contributed by atoms with Gasteiger partial charge in [0.1, 0.15) is 0 Å². The van der Waals surface area contributed by atoms with E-state index in [0.29, 0.717) is 6.42 Å². The van der Waals surface area contributed by atoms with E-state index >= 15 is 0 Å². The fourth-order valence-corrected chi connectivity index (χ4v) is 4.18. The largest absolute Gasteiger partial charge is 0.406 e. The molecule has 1 atom stereocenters. The van der Waals surface area contributed by atoms with Crippen LogP contribution in [-0.4, -0.2) is 21.8 Å². The second-order valence-corrected chi connectivity index (χ2v) is 7.69. The molecule has 146 valence electrons. The highest BCUT2D eigenvalue weighted by Crippen LogP contribution is 2.38. The van der Waals surface area contributed by atoms with E-state index in [1.807, 2.05) is 0 Å². The number of anilines is 1. The summed E-state index contributed by atoms with van der Waals surface area (Å²) >= 11 is 0. The van der Waals surface area contributed by atoms with Crippen LogP contribution >= 0.6 is 0 Å². The number of amides is 1. The number of hydrogen-bond acceptors (Lipinski definition) is 5. The van der Waals surface area contributed by atoms with Crippen molar-refractivity contribution in [2.75, 3.05) is 5.32 Å². The third-order valence-electron chi connectivity index (χ3n) is 5.69. The van der Waals surface area contributed by atoms with Crippen LogP contribution in [0.4, 0.5) is 5.69 Å². The van der Waals surface area contributed by atoms with Crippen LogP contribution in [0.5, 0.6) is 5.88 Å². The number of nitrogens with one attached hydrogen (secondary N) is 1. The maximum Gasteiger partial charge on any atom is 0.315 e.